The Labute approximate surface area is 160 Å². The van der Waals surface area contributed by atoms with Gasteiger partial charge in [-0.1, -0.05) is 45.9 Å². The summed E-state index contributed by atoms with van der Waals surface area (Å²) in [6, 6.07) is 5.45. The first-order chi connectivity index (χ1) is 10.2. The van der Waals surface area contributed by atoms with Crippen LogP contribution in [-0.2, 0) is 15.0 Å². The fourth-order valence-electron chi connectivity index (χ4n) is 1.94. The first-order valence-corrected chi connectivity index (χ1v) is 8.51. The van der Waals surface area contributed by atoms with Crippen LogP contribution in [0.1, 0.15) is 57.6 Å². The molecule has 0 aromatic heterocycles. The molecule has 0 saturated heterocycles. The molecule has 23 heavy (non-hydrogen) atoms. The molecule has 0 atom stereocenters. The van der Waals surface area contributed by atoms with E-state index in [-0.39, 0.29) is 53.7 Å². The normalized spacial score (nSPS) is 11.1. The fraction of sp³-hybridized carbons (Fsp3) is 0.533. The molecule has 0 spiro atoms. The largest absolute Gasteiger partial charge is 1.00 e. The van der Waals surface area contributed by atoms with Gasteiger partial charge in [-0.15, -0.1) is 0 Å². The maximum absolute atomic E-state index is 11.9. The molecule has 0 N–H and O–H groups in total. The summed E-state index contributed by atoms with van der Waals surface area (Å²) < 4.78 is 36.5. The van der Waals surface area contributed by atoms with Crippen molar-refractivity contribution in [1.29, 1.82) is 0 Å². The number of carbonyl (C=O) groups excluding carboxylic acids is 1. The molecule has 8 heteroatoms. The van der Waals surface area contributed by atoms with E-state index in [1.165, 1.54) is 0 Å². The molecule has 6 nitrogen and oxygen atoms in total. The van der Waals surface area contributed by atoms with Gasteiger partial charge in [-0.2, -0.15) is 0 Å². The van der Waals surface area contributed by atoms with Crippen LogP contribution in [0.2, 0.25) is 0 Å². The smallest absolute Gasteiger partial charge is 0.478 e. The Balaban J connectivity index is 0.00000484. The Morgan fingerprint density at radius 1 is 1.13 bits per heavy atom. The van der Waals surface area contributed by atoms with Gasteiger partial charge in [0, 0.05) is 0 Å². The molecule has 1 aromatic rings. The van der Waals surface area contributed by atoms with Crippen LogP contribution in [0.25, 0.3) is 4.72 Å². The maximum Gasteiger partial charge on any atom is 1.00 e. The van der Waals surface area contributed by atoms with Crippen molar-refractivity contribution in [3.05, 3.63) is 34.0 Å². The van der Waals surface area contributed by atoms with Gasteiger partial charge < -0.3 is 13.6 Å². The topological polar surface area (TPSA) is 83.8 Å². The number of para-hydroxylation sites is 1. The van der Waals surface area contributed by atoms with Crippen molar-refractivity contribution in [2.75, 3.05) is 6.61 Å². The minimum Gasteiger partial charge on any atom is -0.478 e. The molecule has 0 aliphatic carbocycles. The Morgan fingerprint density at radius 3 is 2.00 bits per heavy atom. The summed E-state index contributed by atoms with van der Waals surface area (Å²) in [6.07, 6.45) is -1.18. The maximum atomic E-state index is 11.9. The second kappa shape index (κ2) is 9.52. The van der Waals surface area contributed by atoms with Gasteiger partial charge in [0.15, 0.2) is 0 Å². The standard InChI is InChI=1S/C15H23NO5S.Na/c1-6-20-15(17)16-22(18,19)21-14-12(10(2)3)8-7-9-13(14)11(4)5;/h7-11H,6H2,1-5H3,(H,16,17);/q;+1/p-1. The molecule has 0 unspecified atom stereocenters. The van der Waals surface area contributed by atoms with E-state index >= 15 is 0 Å². The van der Waals surface area contributed by atoms with Gasteiger partial charge in [-0.25, -0.2) is 8.42 Å². The average Bonchev–Trinajstić information content (AvgIpc) is 2.37. The van der Waals surface area contributed by atoms with E-state index in [9.17, 15) is 13.2 Å². The molecular weight excluding hydrogens is 329 g/mol. The van der Waals surface area contributed by atoms with Crippen molar-refractivity contribution in [3.63, 3.8) is 0 Å². The van der Waals surface area contributed by atoms with Crippen LogP contribution >= 0.6 is 0 Å². The molecule has 0 fully saturated rings. The van der Waals surface area contributed by atoms with Gasteiger partial charge in [-0.05, 0) is 29.9 Å². The monoisotopic (exact) mass is 351 g/mol. The van der Waals surface area contributed by atoms with Crippen LogP contribution in [-0.4, -0.2) is 21.1 Å². The minimum atomic E-state index is -4.42. The molecule has 0 saturated carbocycles. The van der Waals surface area contributed by atoms with E-state index in [0.29, 0.717) is 0 Å². The van der Waals surface area contributed by atoms with E-state index in [2.05, 4.69) is 9.46 Å². The quantitative estimate of drug-likeness (QED) is 0.717. The Kier molecular flexibility index (Phi) is 9.20. The van der Waals surface area contributed by atoms with Crippen LogP contribution < -0.4 is 33.7 Å². The summed E-state index contributed by atoms with van der Waals surface area (Å²) in [6.45, 7) is 9.33. The number of nitrogens with zero attached hydrogens (tertiary/aromatic N) is 1. The van der Waals surface area contributed by atoms with Crippen molar-refractivity contribution < 1.29 is 51.7 Å². The number of rotatable bonds is 6. The summed E-state index contributed by atoms with van der Waals surface area (Å²) in [4.78, 5) is 11.2. The molecule has 1 amide bonds. The molecule has 124 valence electrons. The first-order valence-electron chi connectivity index (χ1n) is 7.15. The Morgan fingerprint density at radius 2 is 1.61 bits per heavy atom. The van der Waals surface area contributed by atoms with Crippen molar-refractivity contribution >= 4 is 16.4 Å². The number of hydrogen-bond donors (Lipinski definition) is 0. The van der Waals surface area contributed by atoms with E-state index in [1.54, 1.807) is 19.1 Å². The number of amides is 1. The molecule has 1 rings (SSSR count). The average molecular weight is 351 g/mol. The summed E-state index contributed by atoms with van der Waals surface area (Å²) in [5.41, 5.74) is 1.49. The zero-order chi connectivity index (χ0) is 16.9. The summed E-state index contributed by atoms with van der Waals surface area (Å²) in [7, 11) is -4.42. The second-order valence-electron chi connectivity index (χ2n) is 5.38. The number of carbonyl (C=O) groups is 1. The van der Waals surface area contributed by atoms with E-state index in [0.717, 1.165) is 11.1 Å². The van der Waals surface area contributed by atoms with Crippen molar-refractivity contribution in [3.8, 4) is 5.75 Å². The molecular formula is C15H22NNaO5S. The number of ether oxygens (including phenoxy) is 1. The molecule has 0 aliphatic rings. The van der Waals surface area contributed by atoms with Gasteiger partial charge in [-0.3, -0.25) is 4.79 Å². The van der Waals surface area contributed by atoms with Crippen molar-refractivity contribution in [2.45, 2.75) is 46.5 Å². The van der Waals surface area contributed by atoms with Crippen molar-refractivity contribution in [2.24, 2.45) is 0 Å². The zero-order valence-electron chi connectivity index (χ0n) is 14.5. The molecule has 1 aromatic carbocycles. The minimum absolute atomic E-state index is 0. The van der Waals surface area contributed by atoms with Crippen LogP contribution in [0.15, 0.2) is 18.2 Å². The van der Waals surface area contributed by atoms with E-state index in [1.807, 2.05) is 33.8 Å². The number of hydrogen-bond acceptors (Lipinski definition) is 5. The van der Waals surface area contributed by atoms with Crippen LogP contribution in [0, 0.1) is 0 Å². The molecule has 0 radical (unpaired) electrons. The summed E-state index contributed by atoms with van der Waals surface area (Å²) >= 11 is 0. The van der Waals surface area contributed by atoms with Crippen molar-refractivity contribution in [1.82, 2.24) is 0 Å². The predicted molar refractivity (Wildman–Crippen MR) is 84.5 cm³/mol. The molecule has 0 heterocycles. The van der Waals surface area contributed by atoms with Gasteiger partial charge in [0.05, 0.1) is 6.61 Å². The zero-order valence-corrected chi connectivity index (χ0v) is 17.3. The summed E-state index contributed by atoms with van der Waals surface area (Å²) in [5.74, 6) is 0.360. The van der Waals surface area contributed by atoms with Crippen LogP contribution in [0.3, 0.4) is 0 Å². The SMILES string of the molecule is CCOC(=O)[N-]S(=O)(=O)Oc1c(C(C)C)cccc1C(C)C.[Na+]. The molecule has 0 bridgehead atoms. The fourth-order valence-corrected chi connectivity index (χ4v) is 2.62. The van der Waals surface area contributed by atoms with Gasteiger partial charge in [0.2, 0.25) is 6.09 Å². The van der Waals surface area contributed by atoms with Gasteiger partial charge >= 0.3 is 29.6 Å². The summed E-state index contributed by atoms with van der Waals surface area (Å²) in [5, 5.41) is 0. The van der Waals surface area contributed by atoms with Gasteiger partial charge in [0.1, 0.15) is 5.75 Å². The second-order valence-corrected chi connectivity index (χ2v) is 6.58. The van der Waals surface area contributed by atoms with E-state index in [4.69, 9.17) is 4.18 Å². The van der Waals surface area contributed by atoms with Crippen LogP contribution in [0.5, 0.6) is 5.75 Å². The predicted octanol–water partition coefficient (Wildman–Crippen LogP) is 1.09. The van der Waals surface area contributed by atoms with Gasteiger partial charge in [0.25, 0.3) is 10.3 Å². The third kappa shape index (κ3) is 6.71. The third-order valence-electron chi connectivity index (χ3n) is 2.96. The van der Waals surface area contributed by atoms with E-state index < -0.39 is 16.4 Å². The number of benzene rings is 1. The first kappa shape index (κ1) is 22.2. The Hall–Kier alpha value is -0.760. The van der Waals surface area contributed by atoms with Crippen LogP contribution in [0.4, 0.5) is 4.79 Å². The molecule has 0 aliphatic heterocycles. The Bertz CT molecular complexity index is 603. The third-order valence-corrected chi connectivity index (χ3v) is 3.71.